The summed E-state index contributed by atoms with van der Waals surface area (Å²) in [6.45, 7) is 1.06. The maximum Gasteiger partial charge on any atom is 0.426 e. The maximum absolute atomic E-state index is 14.8. The topological polar surface area (TPSA) is 70.0 Å². The Morgan fingerprint density at radius 2 is 1.84 bits per heavy atom. The van der Waals surface area contributed by atoms with E-state index in [2.05, 4.69) is 4.99 Å². The van der Waals surface area contributed by atoms with Crippen LogP contribution in [-0.2, 0) is 33.5 Å². The van der Waals surface area contributed by atoms with Crippen LogP contribution in [0.5, 0.6) is 0 Å². The Morgan fingerprint density at radius 3 is 2.47 bits per heavy atom. The summed E-state index contributed by atoms with van der Waals surface area (Å²) in [6.07, 6.45) is -2.43. The summed E-state index contributed by atoms with van der Waals surface area (Å²) in [5.41, 5.74) is -2.48. The van der Waals surface area contributed by atoms with Gasteiger partial charge >= 0.3 is 12.1 Å². The van der Waals surface area contributed by atoms with Gasteiger partial charge in [-0.15, -0.1) is 0 Å². The summed E-state index contributed by atoms with van der Waals surface area (Å²) < 4.78 is 68.7. The van der Waals surface area contributed by atoms with Gasteiger partial charge in [-0.2, -0.15) is 13.2 Å². The Balaban J connectivity index is 1.54. The number of rotatable bonds is 5. The molecule has 2 aromatic rings. The maximum atomic E-state index is 14.8. The zero-order valence-corrected chi connectivity index (χ0v) is 20.5. The van der Waals surface area contributed by atoms with E-state index >= 15 is 0 Å². The molecule has 200 valence electrons. The zero-order chi connectivity index (χ0) is 27.5. The summed E-state index contributed by atoms with van der Waals surface area (Å²) >= 11 is 0. The van der Waals surface area contributed by atoms with Crippen molar-refractivity contribution in [3.8, 4) is 0 Å². The number of aryl methyl sites for hydroxylation is 1. The van der Waals surface area contributed by atoms with Crippen molar-refractivity contribution >= 4 is 17.6 Å². The molecule has 0 bridgehead atoms. The molecule has 2 aromatic carbocycles. The average molecular weight is 533 g/mol. The number of nitrogens with zero attached hydrogens (tertiary/aromatic N) is 2. The molecule has 0 radical (unpaired) electrons. The number of hydrogen-bond acceptors (Lipinski definition) is 3. The van der Waals surface area contributed by atoms with Gasteiger partial charge in [0.25, 0.3) is 5.91 Å². The SMILES string of the molecule is CC(F)(c1ccc2c(c1)CCC1CN(C(=O)C3=CC(C(=O)O)=NC3)CC21Cc1ccc(F)cc1)C(F)(F)F. The highest BCUT2D eigenvalue weighted by molar-refractivity contribution is 6.42. The molecule has 3 aliphatic rings. The molecule has 3 atom stereocenters. The molecule has 1 N–H and O–H groups in total. The Bertz CT molecular complexity index is 1360. The van der Waals surface area contributed by atoms with Crippen molar-refractivity contribution in [1.29, 1.82) is 0 Å². The number of carboxylic acids is 1. The van der Waals surface area contributed by atoms with Crippen LogP contribution in [0, 0.1) is 11.7 Å². The first-order valence-corrected chi connectivity index (χ1v) is 12.2. The fraction of sp³-hybridized carbons (Fsp3) is 0.393. The second-order valence-electron chi connectivity index (χ2n) is 10.4. The van der Waals surface area contributed by atoms with Gasteiger partial charge in [0.2, 0.25) is 5.67 Å². The molecule has 0 saturated carbocycles. The first-order valence-electron chi connectivity index (χ1n) is 12.2. The minimum absolute atomic E-state index is 0.0426. The van der Waals surface area contributed by atoms with Gasteiger partial charge in [0.15, 0.2) is 0 Å². The largest absolute Gasteiger partial charge is 0.477 e. The molecular formula is C28H25F5N2O3. The van der Waals surface area contributed by atoms with E-state index in [1.54, 1.807) is 23.1 Å². The lowest BCUT2D eigenvalue weighted by atomic mass is 9.62. The van der Waals surface area contributed by atoms with Gasteiger partial charge in [0.1, 0.15) is 11.5 Å². The monoisotopic (exact) mass is 532 g/mol. The smallest absolute Gasteiger partial charge is 0.426 e. The molecule has 0 aromatic heterocycles. The van der Waals surface area contributed by atoms with Gasteiger partial charge in [0.05, 0.1) is 6.54 Å². The van der Waals surface area contributed by atoms with E-state index in [9.17, 15) is 36.6 Å². The van der Waals surface area contributed by atoms with Crippen molar-refractivity contribution in [2.75, 3.05) is 19.6 Å². The summed E-state index contributed by atoms with van der Waals surface area (Å²) in [6, 6.07) is 9.93. The number of benzene rings is 2. The van der Waals surface area contributed by atoms with E-state index in [-0.39, 0.29) is 36.2 Å². The van der Waals surface area contributed by atoms with Crippen molar-refractivity contribution < 1.29 is 36.6 Å². The fourth-order valence-corrected chi connectivity index (χ4v) is 6.02. The number of fused-ring (bicyclic) bond motifs is 3. The number of aliphatic imine (C=N–C) groups is 1. The molecule has 1 amide bonds. The molecule has 1 aliphatic carbocycles. The van der Waals surface area contributed by atoms with Crippen LogP contribution in [0.3, 0.4) is 0 Å². The number of carbonyl (C=O) groups excluding carboxylic acids is 1. The van der Waals surface area contributed by atoms with E-state index in [1.807, 2.05) is 0 Å². The number of carbonyl (C=O) groups is 2. The average Bonchev–Trinajstić information content (AvgIpc) is 3.50. The normalized spacial score (nSPS) is 24.3. The second kappa shape index (κ2) is 9.03. The molecule has 38 heavy (non-hydrogen) atoms. The minimum atomic E-state index is -5.08. The predicted octanol–water partition coefficient (Wildman–Crippen LogP) is 4.92. The molecule has 10 heteroatoms. The van der Waals surface area contributed by atoms with Gasteiger partial charge in [0, 0.05) is 24.1 Å². The highest BCUT2D eigenvalue weighted by atomic mass is 19.4. The first kappa shape index (κ1) is 26.1. The molecule has 3 unspecified atom stereocenters. The molecule has 1 fully saturated rings. The second-order valence-corrected chi connectivity index (χ2v) is 10.4. The fourth-order valence-electron chi connectivity index (χ4n) is 6.02. The summed E-state index contributed by atoms with van der Waals surface area (Å²) in [4.78, 5) is 30.2. The Labute approximate surface area is 215 Å². The number of halogens is 5. The summed E-state index contributed by atoms with van der Waals surface area (Å²) in [5, 5.41) is 9.19. The third-order valence-electron chi connectivity index (χ3n) is 8.12. The molecular weight excluding hydrogens is 507 g/mol. The van der Waals surface area contributed by atoms with Crippen LogP contribution >= 0.6 is 0 Å². The predicted molar refractivity (Wildman–Crippen MR) is 129 cm³/mol. The van der Waals surface area contributed by atoms with E-state index in [0.29, 0.717) is 38.3 Å². The van der Waals surface area contributed by atoms with Crippen LogP contribution in [-0.4, -0.2) is 53.4 Å². The Morgan fingerprint density at radius 1 is 1.13 bits per heavy atom. The zero-order valence-electron chi connectivity index (χ0n) is 20.5. The van der Waals surface area contributed by atoms with Crippen molar-refractivity contribution in [1.82, 2.24) is 4.90 Å². The van der Waals surface area contributed by atoms with E-state index in [4.69, 9.17) is 0 Å². The third kappa shape index (κ3) is 4.29. The van der Waals surface area contributed by atoms with Crippen molar-refractivity contribution in [3.63, 3.8) is 0 Å². The van der Waals surface area contributed by atoms with Gasteiger partial charge in [-0.1, -0.05) is 30.3 Å². The lowest BCUT2D eigenvalue weighted by Gasteiger charge is -2.41. The lowest BCUT2D eigenvalue weighted by molar-refractivity contribution is -0.228. The van der Waals surface area contributed by atoms with Crippen LogP contribution in [0.4, 0.5) is 22.0 Å². The van der Waals surface area contributed by atoms with E-state index in [0.717, 1.165) is 17.2 Å². The van der Waals surface area contributed by atoms with Crippen LogP contribution in [0.1, 0.15) is 35.6 Å². The van der Waals surface area contributed by atoms with E-state index in [1.165, 1.54) is 24.3 Å². The van der Waals surface area contributed by atoms with Gasteiger partial charge in [-0.05, 0) is 72.6 Å². The number of amides is 1. The minimum Gasteiger partial charge on any atom is -0.477 e. The summed E-state index contributed by atoms with van der Waals surface area (Å²) in [7, 11) is 0. The van der Waals surface area contributed by atoms with Crippen LogP contribution in [0.15, 0.2) is 59.1 Å². The third-order valence-corrected chi connectivity index (χ3v) is 8.12. The Hall–Kier alpha value is -3.56. The number of hydrogen-bond donors (Lipinski definition) is 1. The van der Waals surface area contributed by atoms with Crippen LogP contribution in [0.25, 0.3) is 0 Å². The van der Waals surface area contributed by atoms with Crippen molar-refractivity contribution in [2.24, 2.45) is 10.9 Å². The standard InChI is InChI=1S/C28H25F5N2O3/c1-26(30,28(31,32)33)19-6-9-22-17(10-19)4-5-20-14-35(24(36)18-11-23(25(37)38)34-13-18)15-27(20,22)12-16-2-7-21(29)8-3-16/h2-3,6-11,20H,4-5,12-15H2,1H3,(H,37,38). The van der Waals surface area contributed by atoms with Crippen molar-refractivity contribution in [3.05, 3.63) is 82.2 Å². The lowest BCUT2D eigenvalue weighted by Crippen LogP contribution is -2.42. The van der Waals surface area contributed by atoms with Gasteiger partial charge in [-0.25, -0.2) is 13.6 Å². The highest BCUT2D eigenvalue weighted by Gasteiger charge is 2.55. The Kier molecular flexibility index (Phi) is 6.19. The molecule has 2 heterocycles. The van der Waals surface area contributed by atoms with Crippen LogP contribution < -0.4 is 0 Å². The van der Waals surface area contributed by atoms with E-state index < -0.39 is 34.6 Å². The van der Waals surface area contributed by atoms with Crippen molar-refractivity contribution in [2.45, 2.75) is 43.4 Å². The molecule has 5 rings (SSSR count). The van der Waals surface area contributed by atoms with Gasteiger partial charge in [-0.3, -0.25) is 9.79 Å². The van der Waals surface area contributed by atoms with Crippen LogP contribution in [0.2, 0.25) is 0 Å². The number of likely N-dealkylation sites (tertiary alicyclic amines) is 1. The number of aliphatic carboxylic acids is 1. The number of carboxylic acid groups (broad SMARTS) is 1. The van der Waals surface area contributed by atoms with Gasteiger partial charge < -0.3 is 10.0 Å². The molecule has 2 aliphatic heterocycles. The molecule has 5 nitrogen and oxygen atoms in total. The first-order chi connectivity index (χ1) is 17.8. The highest BCUT2D eigenvalue weighted by Crippen LogP contribution is 2.51. The number of alkyl halides is 4. The quantitative estimate of drug-likeness (QED) is 0.556. The molecule has 1 saturated heterocycles. The summed E-state index contributed by atoms with van der Waals surface area (Å²) in [5.74, 6) is -2.03. The molecule has 0 spiro atoms.